The molecule has 134 valence electrons. The van der Waals surface area contributed by atoms with Crippen LogP contribution in [-0.2, 0) is 0 Å². The third-order valence-electron chi connectivity index (χ3n) is 3.81. The molecule has 0 aliphatic rings. The second kappa shape index (κ2) is 8.37. The van der Waals surface area contributed by atoms with Crippen LogP contribution in [0, 0.1) is 5.92 Å². The molecule has 3 N–H and O–H groups in total. The van der Waals surface area contributed by atoms with Gasteiger partial charge in [-0.15, -0.1) is 0 Å². The maximum atomic E-state index is 12.2. The van der Waals surface area contributed by atoms with Gasteiger partial charge in [0.05, 0.1) is 0 Å². The minimum atomic E-state index is -0.332. The lowest BCUT2D eigenvalue weighted by Gasteiger charge is -2.23. The van der Waals surface area contributed by atoms with Crippen molar-refractivity contribution in [2.75, 3.05) is 13.6 Å². The van der Waals surface area contributed by atoms with Crippen LogP contribution in [0.1, 0.15) is 53.4 Å². The smallest absolute Gasteiger partial charge is 0.271 e. The summed E-state index contributed by atoms with van der Waals surface area (Å²) in [6, 6.07) is 11.4. The second-order valence-corrected chi connectivity index (χ2v) is 6.05. The van der Waals surface area contributed by atoms with Gasteiger partial charge in [-0.3, -0.25) is 9.59 Å². The Kier molecular flexibility index (Phi) is 6.22. The Morgan fingerprint density at radius 2 is 1.84 bits per heavy atom. The summed E-state index contributed by atoms with van der Waals surface area (Å²) < 4.78 is 6.15. The third kappa shape index (κ3) is 4.41. The number of rotatable bonds is 7. The first-order valence-corrected chi connectivity index (χ1v) is 8.42. The van der Waals surface area contributed by atoms with Crippen LogP contribution in [0.5, 0.6) is 5.75 Å². The lowest BCUT2D eigenvalue weighted by molar-refractivity contribution is 0.0945. The van der Waals surface area contributed by atoms with Gasteiger partial charge in [-0.2, -0.15) is 0 Å². The van der Waals surface area contributed by atoms with Crippen molar-refractivity contribution in [2.24, 2.45) is 5.92 Å². The van der Waals surface area contributed by atoms with E-state index in [9.17, 15) is 9.59 Å². The van der Waals surface area contributed by atoms with Crippen molar-refractivity contribution in [2.45, 2.75) is 26.9 Å². The SMILES string of the molecule is CCNC(=O)c1cc(O[C@@H](c2ccccc2)C(C)C)c(C(=O)NC)[nH]1. The standard InChI is InChI=1S/C19H25N3O3/c1-5-21-18(23)14-11-15(16(22-14)19(24)20-4)25-17(12(2)3)13-9-7-6-8-10-13/h6-12,17,22H,5H2,1-4H3,(H,20,24)(H,21,23)/t17-/m1/s1. The van der Waals surface area contributed by atoms with Crippen molar-refractivity contribution in [3.8, 4) is 5.75 Å². The van der Waals surface area contributed by atoms with E-state index in [2.05, 4.69) is 29.5 Å². The molecule has 0 radical (unpaired) electrons. The number of hydrogen-bond acceptors (Lipinski definition) is 3. The van der Waals surface area contributed by atoms with Gasteiger partial charge < -0.3 is 20.4 Å². The van der Waals surface area contributed by atoms with Crippen LogP contribution in [0.15, 0.2) is 36.4 Å². The number of amides is 2. The molecule has 0 spiro atoms. The highest BCUT2D eigenvalue weighted by Crippen LogP contribution is 2.31. The molecule has 25 heavy (non-hydrogen) atoms. The molecule has 0 saturated carbocycles. The lowest BCUT2D eigenvalue weighted by atomic mass is 9.99. The maximum absolute atomic E-state index is 12.2. The van der Waals surface area contributed by atoms with Crippen molar-refractivity contribution in [3.05, 3.63) is 53.3 Å². The van der Waals surface area contributed by atoms with Crippen molar-refractivity contribution < 1.29 is 14.3 Å². The van der Waals surface area contributed by atoms with Crippen LogP contribution >= 0.6 is 0 Å². The normalized spacial score (nSPS) is 11.9. The Balaban J connectivity index is 2.38. The van der Waals surface area contributed by atoms with Crippen molar-refractivity contribution in [1.29, 1.82) is 0 Å². The Morgan fingerprint density at radius 3 is 2.40 bits per heavy atom. The highest BCUT2D eigenvalue weighted by Gasteiger charge is 2.24. The topological polar surface area (TPSA) is 83.2 Å². The van der Waals surface area contributed by atoms with Gasteiger partial charge in [0.1, 0.15) is 17.5 Å². The summed E-state index contributed by atoms with van der Waals surface area (Å²) in [6.45, 7) is 6.44. The summed E-state index contributed by atoms with van der Waals surface area (Å²) in [5.74, 6) is -0.0599. The van der Waals surface area contributed by atoms with E-state index in [-0.39, 0.29) is 29.5 Å². The van der Waals surface area contributed by atoms with E-state index >= 15 is 0 Å². The summed E-state index contributed by atoms with van der Waals surface area (Å²) in [5, 5.41) is 5.28. The molecule has 1 atom stereocenters. The number of hydrogen-bond donors (Lipinski definition) is 3. The fraction of sp³-hybridized carbons (Fsp3) is 0.368. The van der Waals surface area contributed by atoms with Gasteiger partial charge in [-0.1, -0.05) is 44.2 Å². The van der Waals surface area contributed by atoms with Gasteiger partial charge in [0.2, 0.25) is 0 Å². The van der Waals surface area contributed by atoms with E-state index in [1.807, 2.05) is 37.3 Å². The maximum Gasteiger partial charge on any atom is 0.271 e. The van der Waals surface area contributed by atoms with Crippen LogP contribution in [0.4, 0.5) is 0 Å². The molecule has 0 aliphatic carbocycles. The first kappa shape index (κ1) is 18.6. The van der Waals surface area contributed by atoms with Gasteiger partial charge in [0.15, 0.2) is 5.75 Å². The van der Waals surface area contributed by atoms with Crippen molar-refractivity contribution >= 4 is 11.8 Å². The Bertz CT molecular complexity index is 723. The average molecular weight is 343 g/mol. The van der Waals surface area contributed by atoms with E-state index in [0.717, 1.165) is 5.56 Å². The third-order valence-corrected chi connectivity index (χ3v) is 3.81. The van der Waals surface area contributed by atoms with E-state index < -0.39 is 0 Å². The van der Waals surface area contributed by atoms with Crippen LogP contribution in [-0.4, -0.2) is 30.4 Å². The molecule has 6 heteroatoms. The molecule has 0 unspecified atom stereocenters. The summed E-state index contributed by atoms with van der Waals surface area (Å²) in [5.41, 5.74) is 1.55. The van der Waals surface area contributed by atoms with Crippen molar-refractivity contribution in [3.63, 3.8) is 0 Å². The van der Waals surface area contributed by atoms with E-state index in [1.165, 1.54) is 7.05 Å². The van der Waals surface area contributed by atoms with E-state index in [4.69, 9.17) is 4.74 Å². The van der Waals surface area contributed by atoms with Crippen LogP contribution in [0.2, 0.25) is 0 Å². The highest BCUT2D eigenvalue weighted by molar-refractivity contribution is 5.99. The number of carbonyl (C=O) groups is 2. The number of aromatic nitrogens is 1. The van der Waals surface area contributed by atoms with Gasteiger partial charge in [0, 0.05) is 19.7 Å². The molecule has 1 aromatic carbocycles. The molecule has 1 heterocycles. The number of benzene rings is 1. The molecular weight excluding hydrogens is 318 g/mol. The Labute approximate surface area is 148 Å². The average Bonchev–Trinajstić information content (AvgIpc) is 3.04. The van der Waals surface area contributed by atoms with Gasteiger partial charge in [-0.25, -0.2) is 0 Å². The fourth-order valence-electron chi connectivity index (χ4n) is 2.57. The largest absolute Gasteiger partial charge is 0.483 e. The summed E-state index contributed by atoms with van der Waals surface area (Å²) in [7, 11) is 1.54. The minimum Gasteiger partial charge on any atom is -0.483 e. The molecule has 2 amide bonds. The zero-order valence-corrected chi connectivity index (χ0v) is 15.1. The molecule has 0 aliphatic heterocycles. The van der Waals surface area contributed by atoms with E-state index in [1.54, 1.807) is 6.07 Å². The predicted molar refractivity (Wildman–Crippen MR) is 96.8 cm³/mol. The number of nitrogens with one attached hydrogen (secondary N) is 3. The predicted octanol–water partition coefficient (Wildman–Crippen LogP) is 2.90. The number of ether oxygens (including phenoxy) is 1. The van der Waals surface area contributed by atoms with Crippen LogP contribution < -0.4 is 15.4 Å². The molecule has 0 saturated heterocycles. The Hall–Kier alpha value is -2.76. The monoisotopic (exact) mass is 343 g/mol. The van der Waals surface area contributed by atoms with Gasteiger partial charge >= 0.3 is 0 Å². The summed E-state index contributed by atoms with van der Waals surface area (Å²) in [4.78, 5) is 27.1. The molecule has 1 aromatic heterocycles. The molecule has 0 bridgehead atoms. The van der Waals surface area contributed by atoms with Gasteiger partial charge in [-0.05, 0) is 18.4 Å². The molecule has 6 nitrogen and oxygen atoms in total. The number of carbonyl (C=O) groups excluding carboxylic acids is 2. The first-order chi connectivity index (χ1) is 12.0. The zero-order chi connectivity index (χ0) is 18.4. The molecular formula is C19H25N3O3. The molecule has 2 rings (SSSR count). The quantitative estimate of drug-likeness (QED) is 0.723. The molecule has 2 aromatic rings. The number of H-pyrrole nitrogens is 1. The highest BCUT2D eigenvalue weighted by atomic mass is 16.5. The van der Waals surface area contributed by atoms with E-state index in [0.29, 0.717) is 18.0 Å². The fourth-order valence-corrected chi connectivity index (χ4v) is 2.57. The first-order valence-electron chi connectivity index (χ1n) is 8.42. The minimum absolute atomic E-state index is 0.183. The van der Waals surface area contributed by atoms with Gasteiger partial charge in [0.25, 0.3) is 11.8 Å². The second-order valence-electron chi connectivity index (χ2n) is 6.05. The van der Waals surface area contributed by atoms with Crippen LogP contribution in [0.3, 0.4) is 0 Å². The lowest BCUT2D eigenvalue weighted by Crippen LogP contribution is -2.24. The zero-order valence-electron chi connectivity index (χ0n) is 15.1. The van der Waals surface area contributed by atoms with Crippen molar-refractivity contribution in [1.82, 2.24) is 15.6 Å². The Morgan fingerprint density at radius 1 is 1.16 bits per heavy atom. The van der Waals surface area contributed by atoms with Crippen LogP contribution in [0.25, 0.3) is 0 Å². The summed E-state index contributed by atoms with van der Waals surface area (Å²) >= 11 is 0. The number of aromatic amines is 1. The summed E-state index contributed by atoms with van der Waals surface area (Å²) in [6.07, 6.45) is -0.234. The molecule has 0 fully saturated rings.